The Morgan fingerprint density at radius 3 is 2.32 bits per heavy atom. The number of likely N-dealkylation sites (tertiary alicyclic amines) is 1. The van der Waals surface area contributed by atoms with E-state index in [1.165, 1.54) is 0 Å². The third-order valence-corrected chi connectivity index (χ3v) is 8.17. The lowest BCUT2D eigenvalue weighted by atomic mass is 9.98. The molecule has 2 heterocycles. The van der Waals surface area contributed by atoms with E-state index < -0.39 is 0 Å². The first-order chi connectivity index (χ1) is 15.1. The van der Waals surface area contributed by atoms with Gasteiger partial charge in [0.15, 0.2) is 0 Å². The summed E-state index contributed by atoms with van der Waals surface area (Å²) in [5.41, 5.74) is 1.42. The van der Waals surface area contributed by atoms with Crippen molar-refractivity contribution in [3.8, 4) is 0 Å². The van der Waals surface area contributed by atoms with Crippen LogP contribution >= 0.6 is 23.4 Å². The van der Waals surface area contributed by atoms with Crippen LogP contribution in [0.1, 0.15) is 33.6 Å². The zero-order valence-corrected chi connectivity index (χ0v) is 18.7. The Bertz CT molecular complexity index is 1130. The van der Waals surface area contributed by atoms with Crippen LogP contribution in [0.5, 0.6) is 0 Å². The number of carbonyl (C=O) groups is 2. The molecule has 0 N–H and O–H groups in total. The molecular formula is C25H23ClN2O2S. The second-order valence-corrected chi connectivity index (χ2v) is 9.97. The Labute approximate surface area is 191 Å². The molecule has 2 aliphatic heterocycles. The number of amides is 2. The van der Waals surface area contributed by atoms with Crippen LogP contribution in [-0.2, 0) is 0 Å². The number of carbonyl (C=O) groups excluding carboxylic acids is 2. The fourth-order valence-corrected chi connectivity index (χ4v) is 6.28. The van der Waals surface area contributed by atoms with Gasteiger partial charge in [-0.15, -0.1) is 11.8 Å². The number of rotatable bonds is 2. The van der Waals surface area contributed by atoms with Gasteiger partial charge in [0, 0.05) is 41.5 Å². The zero-order chi connectivity index (χ0) is 21.4. The number of halogens is 1. The van der Waals surface area contributed by atoms with Crippen molar-refractivity contribution in [1.82, 2.24) is 9.80 Å². The second kappa shape index (κ2) is 8.21. The minimum Gasteiger partial charge on any atom is -0.338 e. The highest BCUT2D eigenvalue weighted by Gasteiger charge is 2.47. The molecule has 0 radical (unpaired) electrons. The quantitative estimate of drug-likeness (QED) is 0.531. The monoisotopic (exact) mass is 450 g/mol. The van der Waals surface area contributed by atoms with E-state index in [1.54, 1.807) is 24.3 Å². The summed E-state index contributed by atoms with van der Waals surface area (Å²) in [6.45, 7) is 2.04. The highest BCUT2D eigenvalue weighted by Crippen LogP contribution is 2.44. The first-order valence-corrected chi connectivity index (χ1v) is 11.9. The van der Waals surface area contributed by atoms with E-state index in [0.717, 1.165) is 41.5 Å². The smallest absolute Gasteiger partial charge is 0.254 e. The van der Waals surface area contributed by atoms with Crippen molar-refractivity contribution in [2.24, 2.45) is 0 Å². The molecule has 158 valence electrons. The molecule has 2 aliphatic rings. The van der Waals surface area contributed by atoms with Gasteiger partial charge in [0.1, 0.15) is 0 Å². The maximum absolute atomic E-state index is 13.3. The molecular weight excluding hydrogens is 428 g/mol. The largest absolute Gasteiger partial charge is 0.338 e. The van der Waals surface area contributed by atoms with Crippen molar-refractivity contribution < 1.29 is 9.59 Å². The van der Waals surface area contributed by atoms with Gasteiger partial charge in [-0.25, -0.2) is 0 Å². The number of fused-ring (bicyclic) bond motifs is 1. The molecule has 6 heteroatoms. The van der Waals surface area contributed by atoms with Gasteiger partial charge >= 0.3 is 0 Å². The van der Waals surface area contributed by atoms with E-state index in [2.05, 4.69) is 0 Å². The predicted molar refractivity (Wildman–Crippen MR) is 127 cm³/mol. The predicted octanol–water partition coefficient (Wildman–Crippen LogP) is 5.31. The first kappa shape index (κ1) is 20.4. The lowest BCUT2D eigenvalue weighted by Gasteiger charge is -2.44. The molecule has 0 atom stereocenters. The lowest BCUT2D eigenvalue weighted by molar-refractivity contribution is 0.0498. The summed E-state index contributed by atoms with van der Waals surface area (Å²) in [5.74, 6) is 1.05. The molecule has 0 bridgehead atoms. The van der Waals surface area contributed by atoms with E-state index in [0.29, 0.717) is 23.7 Å². The van der Waals surface area contributed by atoms with Gasteiger partial charge in [0.05, 0.1) is 4.87 Å². The summed E-state index contributed by atoms with van der Waals surface area (Å²) in [5, 5.41) is 2.69. The average Bonchev–Trinajstić information content (AvgIpc) is 3.21. The minimum absolute atomic E-state index is 0.0514. The number of hydrogen-bond acceptors (Lipinski definition) is 3. The van der Waals surface area contributed by atoms with Crippen molar-refractivity contribution in [3.63, 3.8) is 0 Å². The summed E-state index contributed by atoms with van der Waals surface area (Å²) in [7, 11) is 0. The van der Waals surface area contributed by atoms with Crippen molar-refractivity contribution >= 4 is 45.9 Å². The molecule has 0 aromatic heterocycles. The first-order valence-electron chi connectivity index (χ1n) is 10.6. The highest BCUT2D eigenvalue weighted by molar-refractivity contribution is 8.00. The standard InChI is InChI=1S/C25H23ClN2O2S/c26-20-10-8-19(9-11-20)23(29)28-16-17-31-25(28)12-14-27(15-13-25)24(30)22-7-3-5-18-4-1-2-6-21(18)22/h1-11H,12-17H2. The molecule has 0 unspecified atom stereocenters. The Hall–Kier alpha value is -2.50. The second-order valence-electron chi connectivity index (χ2n) is 8.08. The summed E-state index contributed by atoms with van der Waals surface area (Å²) in [6.07, 6.45) is 1.57. The van der Waals surface area contributed by atoms with Crippen LogP contribution in [-0.4, -0.2) is 51.9 Å². The third kappa shape index (κ3) is 3.70. The van der Waals surface area contributed by atoms with Crippen molar-refractivity contribution in [2.75, 3.05) is 25.4 Å². The topological polar surface area (TPSA) is 40.6 Å². The zero-order valence-electron chi connectivity index (χ0n) is 17.1. The van der Waals surface area contributed by atoms with Gasteiger partial charge in [0.25, 0.3) is 11.8 Å². The van der Waals surface area contributed by atoms with Crippen LogP contribution in [0.25, 0.3) is 10.8 Å². The van der Waals surface area contributed by atoms with Crippen LogP contribution in [0, 0.1) is 0 Å². The van der Waals surface area contributed by atoms with Gasteiger partial charge in [-0.05, 0) is 53.9 Å². The number of benzene rings is 3. The Kier molecular flexibility index (Phi) is 5.40. The maximum atomic E-state index is 13.3. The molecule has 0 aliphatic carbocycles. The van der Waals surface area contributed by atoms with Crippen LogP contribution < -0.4 is 0 Å². The molecule has 2 saturated heterocycles. The van der Waals surface area contributed by atoms with E-state index in [-0.39, 0.29) is 16.7 Å². The number of hydrogen-bond donors (Lipinski definition) is 0. The Morgan fingerprint density at radius 1 is 0.839 bits per heavy atom. The van der Waals surface area contributed by atoms with Crippen LogP contribution in [0.3, 0.4) is 0 Å². The van der Waals surface area contributed by atoms with Crippen molar-refractivity contribution in [2.45, 2.75) is 17.7 Å². The summed E-state index contributed by atoms with van der Waals surface area (Å²) in [4.78, 5) is 30.2. The SMILES string of the molecule is O=C(c1cccc2ccccc12)N1CCC2(CC1)SCCN2C(=O)c1ccc(Cl)cc1. The molecule has 2 amide bonds. The molecule has 1 spiro atoms. The summed E-state index contributed by atoms with van der Waals surface area (Å²) in [6, 6.07) is 21.0. The summed E-state index contributed by atoms with van der Waals surface area (Å²) >= 11 is 7.84. The van der Waals surface area contributed by atoms with E-state index >= 15 is 0 Å². The van der Waals surface area contributed by atoms with E-state index in [4.69, 9.17) is 11.6 Å². The molecule has 5 rings (SSSR count). The van der Waals surface area contributed by atoms with Crippen molar-refractivity contribution in [1.29, 1.82) is 0 Å². The normalized spacial score (nSPS) is 18.0. The Morgan fingerprint density at radius 2 is 1.55 bits per heavy atom. The lowest BCUT2D eigenvalue weighted by Crippen LogP contribution is -2.53. The van der Waals surface area contributed by atoms with Gasteiger partial charge < -0.3 is 9.80 Å². The third-order valence-electron chi connectivity index (χ3n) is 6.37. The van der Waals surface area contributed by atoms with E-state index in [9.17, 15) is 9.59 Å². The average molecular weight is 451 g/mol. The molecule has 31 heavy (non-hydrogen) atoms. The van der Waals surface area contributed by atoms with Crippen molar-refractivity contribution in [3.05, 3.63) is 82.9 Å². The van der Waals surface area contributed by atoms with Gasteiger partial charge in [0.2, 0.25) is 0 Å². The van der Waals surface area contributed by atoms with Crippen LogP contribution in [0.15, 0.2) is 66.7 Å². The minimum atomic E-state index is -0.230. The van der Waals surface area contributed by atoms with Gasteiger partial charge in [-0.2, -0.15) is 0 Å². The maximum Gasteiger partial charge on any atom is 0.254 e. The highest BCUT2D eigenvalue weighted by atomic mass is 35.5. The van der Waals surface area contributed by atoms with Crippen LogP contribution in [0.2, 0.25) is 5.02 Å². The molecule has 4 nitrogen and oxygen atoms in total. The van der Waals surface area contributed by atoms with Crippen LogP contribution in [0.4, 0.5) is 0 Å². The van der Waals surface area contributed by atoms with Gasteiger partial charge in [-0.3, -0.25) is 9.59 Å². The summed E-state index contributed by atoms with van der Waals surface area (Å²) < 4.78 is 0. The number of nitrogens with zero attached hydrogens (tertiary/aromatic N) is 2. The molecule has 3 aromatic carbocycles. The molecule has 0 saturated carbocycles. The van der Waals surface area contributed by atoms with E-state index in [1.807, 2.05) is 64.0 Å². The fraction of sp³-hybridized carbons (Fsp3) is 0.280. The molecule has 3 aromatic rings. The fourth-order valence-electron chi connectivity index (χ4n) is 4.70. The van der Waals surface area contributed by atoms with Gasteiger partial charge in [-0.1, -0.05) is 48.0 Å². The number of thioether (sulfide) groups is 1. The number of piperidine rings is 1. The Balaban J connectivity index is 1.33. The molecule has 2 fully saturated rings.